The van der Waals surface area contributed by atoms with E-state index in [4.69, 9.17) is 11.6 Å². The molecule has 0 aliphatic heterocycles. The first-order valence-corrected chi connectivity index (χ1v) is 14.0. The molecule has 0 radical (unpaired) electrons. The van der Waals surface area contributed by atoms with Crippen LogP contribution >= 0.6 is 11.6 Å². The van der Waals surface area contributed by atoms with Gasteiger partial charge in [-0.15, -0.1) is 0 Å². The number of anilines is 1. The third-order valence-electron chi connectivity index (χ3n) is 5.62. The van der Waals surface area contributed by atoms with Gasteiger partial charge in [-0.1, -0.05) is 44.5 Å². The molecule has 3 amide bonds. The quantitative estimate of drug-likeness (QED) is 0.278. The Morgan fingerprint density at radius 2 is 1.69 bits per heavy atom. The summed E-state index contributed by atoms with van der Waals surface area (Å²) >= 11 is 5.85. The van der Waals surface area contributed by atoms with Crippen LogP contribution in [0.5, 0.6) is 0 Å². The summed E-state index contributed by atoms with van der Waals surface area (Å²) in [6.07, 6.45) is 3.44. The standard InChI is InChI=1S/C16H22ClFN2O2.C11H9FN2O.C2H6O.C2H6/c1-4-13(9-8-11(2)21)20(3)16(22)19-10-12-6-5-7-14(18)15(12)17;1-7(15)14-11-5-9-4-10(12)3-2-8(9)6-13-11;1-3-2;1-2/h5-7,13H,4,8-10H2,1-3H3,(H,19,22);2-6H,1H3,(H,13,14,15);1-2H3;1-2H3. The number of carbonyl (C=O) groups excluding carboxylic acids is 3. The molecule has 42 heavy (non-hydrogen) atoms. The molecule has 0 aliphatic rings. The van der Waals surface area contributed by atoms with Crippen LogP contribution in [0.1, 0.15) is 59.4 Å². The minimum Gasteiger partial charge on any atom is -0.388 e. The number of Topliss-reactive ketones (excluding diaryl/α,β-unsaturated/α-hetero) is 1. The average molecular weight is 609 g/mol. The van der Waals surface area contributed by atoms with Gasteiger partial charge in [0.05, 0.1) is 5.02 Å². The number of methoxy groups -OCH3 is 1. The Balaban J connectivity index is 0.000000725. The normalized spacial score (nSPS) is 10.5. The number of nitrogens with zero attached hydrogens (tertiary/aromatic N) is 2. The predicted octanol–water partition coefficient (Wildman–Crippen LogP) is 7.39. The van der Waals surface area contributed by atoms with Gasteiger partial charge in [0, 0.05) is 58.8 Å². The van der Waals surface area contributed by atoms with E-state index in [0.29, 0.717) is 29.6 Å². The molecule has 0 spiro atoms. The highest BCUT2D eigenvalue weighted by atomic mass is 35.5. The van der Waals surface area contributed by atoms with Crippen molar-refractivity contribution < 1.29 is 27.9 Å². The van der Waals surface area contributed by atoms with Crippen LogP contribution in [0.3, 0.4) is 0 Å². The van der Waals surface area contributed by atoms with Crippen molar-refractivity contribution in [3.05, 3.63) is 70.9 Å². The number of hydrogen-bond donors (Lipinski definition) is 2. The molecule has 0 bridgehead atoms. The highest BCUT2D eigenvalue weighted by Crippen LogP contribution is 2.20. The molecule has 0 aliphatic carbocycles. The minimum atomic E-state index is -0.505. The summed E-state index contributed by atoms with van der Waals surface area (Å²) in [7, 11) is 4.94. The van der Waals surface area contributed by atoms with Crippen molar-refractivity contribution in [2.24, 2.45) is 0 Å². The molecule has 1 heterocycles. The summed E-state index contributed by atoms with van der Waals surface area (Å²) in [5.41, 5.74) is 0.528. The van der Waals surface area contributed by atoms with E-state index in [1.165, 1.54) is 25.1 Å². The molecular formula is C31H43ClF2N4O4. The lowest BCUT2D eigenvalue weighted by molar-refractivity contribution is -0.117. The van der Waals surface area contributed by atoms with E-state index in [-0.39, 0.29) is 41.1 Å². The zero-order valence-electron chi connectivity index (χ0n) is 25.7. The van der Waals surface area contributed by atoms with Crippen LogP contribution in [-0.4, -0.2) is 54.9 Å². The maximum atomic E-state index is 13.3. The third-order valence-corrected chi connectivity index (χ3v) is 6.04. The number of benzene rings is 2. The van der Waals surface area contributed by atoms with E-state index in [2.05, 4.69) is 20.4 Å². The monoisotopic (exact) mass is 608 g/mol. The molecule has 1 atom stereocenters. The number of ether oxygens (including phenoxy) is 1. The molecule has 3 aromatic rings. The molecule has 2 N–H and O–H groups in total. The number of halogens is 3. The van der Waals surface area contributed by atoms with Crippen molar-refractivity contribution in [3.8, 4) is 0 Å². The molecule has 1 aromatic heterocycles. The first kappa shape index (κ1) is 38.4. The number of amides is 3. The molecule has 0 saturated heterocycles. The van der Waals surface area contributed by atoms with E-state index in [1.54, 1.807) is 63.6 Å². The van der Waals surface area contributed by atoms with E-state index in [1.807, 2.05) is 20.8 Å². The number of fused-ring (bicyclic) bond motifs is 1. The van der Waals surface area contributed by atoms with Gasteiger partial charge >= 0.3 is 6.03 Å². The summed E-state index contributed by atoms with van der Waals surface area (Å²) in [5.74, 6) is -0.463. The number of urea groups is 1. The second-order valence-corrected chi connectivity index (χ2v) is 9.31. The van der Waals surface area contributed by atoms with E-state index >= 15 is 0 Å². The van der Waals surface area contributed by atoms with Crippen molar-refractivity contribution in [1.29, 1.82) is 0 Å². The van der Waals surface area contributed by atoms with Gasteiger partial charge in [0.25, 0.3) is 0 Å². The lowest BCUT2D eigenvalue weighted by atomic mass is 10.1. The first-order chi connectivity index (χ1) is 19.9. The maximum absolute atomic E-state index is 13.3. The molecule has 0 saturated carbocycles. The minimum absolute atomic E-state index is 0.00752. The summed E-state index contributed by atoms with van der Waals surface area (Å²) in [5, 5.41) is 6.84. The number of hydrogen-bond acceptors (Lipinski definition) is 5. The molecule has 0 fully saturated rings. The van der Waals surface area contributed by atoms with Crippen LogP contribution in [0.2, 0.25) is 5.02 Å². The highest BCUT2D eigenvalue weighted by molar-refractivity contribution is 6.31. The van der Waals surface area contributed by atoms with Crippen LogP contribution in [0.4, 0.5) is 19.4 Å². The van der Waals surface area contributed by atoms with Crippen LogP contribution in [0.25, 0.3) is 10.8 Å². The number of aromatic nitrogens is 1. The second-order valence-electron chi connectivity index (χ2n) is 8.94. The van der Waals surface area contributed by atoms with Gasteiger partial charge < -0.3 is 25.1 Å². The largest absolute Gasteiger partial charge is 0.388 e. The fraction of sp³-hybridized carbons (Fsp3) is 0.419. The highest BCUT2D eigenvalue weighted by Gasteiger charge is 2.19. The average Bonchev–Trinajstić information content (AvgIpc) is 2.95. The lowest BCUT2D eigenvalue weighted by Crippen LogP contribution is -2.43. The number of nitrogens with one attached hydrogen (secondary N) is 2. The number of carbonyl (C=O) groups is 3. The van der Waals surface area contributed by atoms with Gasteiger partial charge in [-0.25, -0.2) is 18.6 Å². The van der Waals surface area contributed by atoms with Crippen LogP contribution in [0, 0.1) is 11.6 Å². The van der Waals surface area contributed by atoms with Crippen molar-refractivity contribution in [3.63, 3.8) is 0 Å². The Morgan fingerprint density at radius 1 is 1.05 bits per heavy atom. The summed E-state index contributed by atoms with van der Waals surface area (Å²) in [6, 6.07) is 10.3. The van der Waals surface area contributed by atoms with Crippen molar-refractivity contribution >= 4 is 45.9 Å². The van der Waals surface area contributed by atoms with Crippen molar-refractivity contribution in [1.82, 2.24) is 15.2 Å². The van der Waals surface area contributed by atoms with Gasteiger partial charge in [-0.05, 0) is 61.0 Å². The van der Waals surface area contributed by atoms with Crippen molar-refractivity contribution in [2.75, 3.05) is 26.6 Å². The molecular weight excluding hydrogens is 566 g/mol. The van der Waals surface area contributed by atoms with Crippen LogP contribution < -0.4 is 10.6 Å². The zero-order valence-corrected chi connectivity index (χ0v) is 26.4. The Morgan fingerprint density at radius 3 is 2.26 bits per heavy atom. The number of pyridine rings is 1. The Hall–Kier alpha value is -3.63. The SMILES string of the molecule is CC.CC(=O)Nc1cc2cc(F)ccc2cn1.CCC(CCC(C)=O)N(C)C(=O)NCc1cccc(F)c1Cl.COC. The molecule has 11 heteroatoms. The molecule has 8 nitrogen and oxygen atoms in total. The summed E-state index contributed by atoms with van der Waals surface area (Å²) in [6.45, 7) is 9.07. The lowest BCUT2D eigenvalue weighted by Gasteiger charge is -2.27. The van der Waals surface area contributed by atoms with E-state index < -0.39 is 5.82 Å². The van der Waals surface area contributed by atoms with Gasteiger partial charge in [0.1, 0.15) is 23.2 Å². The number of ketones is 1. The topological polar surface area (TPSA) is 101 Å². The third kappa shape index (κ3) is 14.3. The second kappa shape index (κ2) is 21.1. The number of rotatable bonds is 8. The Kier molecular flexibility index (Phi) is 19.3. The smallest absolute Gasteiger partial charge is 0.317 e. The molecule has 3 rings (SSSR count). The summed E-state index contributed by atoms with van der Waals surface area (Å²) < 4.78 is 30.5. The van der Waals surface area contributed by atoms with E-state index in [9.17, 15) is 23.2 Å². The fourth-order valence-electron chi connectivity index (χ4n) is 3.55. The molecule has 1 unspecified atom stereocenters. The van der Waals surface area contributed by atoms with Crippen LogP contribution in [-0.2, 0) is 20.9 Å². The first-order valence-electron chi connectivity index (χ1n) is 13.6. The predicted molar refractivity (Wildman–Crippen MR) is 166 cm³/mol. The van der Waals surface area contributed by atoms with Gasteiger partial charge in [-0.3, -0.25) is 4.79 Å². The Bertz CT molecular complexity index is 1280. The Labute approximate surface area is 252 Å². The molecule has 2 aromatic carbocycles. The maximum Gasteiger partial charge on any atom is 0.317 e. The van der Waals surface area contributed by atoms with E-state index in [0.717, 1.165) is 11.8 Å². The van der Waals surface area contributed by atoms with Gasteiger partial charge in [0.15, 0.2) is 0 Å². The fourth-order valence-corrected chi connectivity index (χ4v) is 3.74. The van der Waals surface area contributed by atoms with Crippen molar-refractivity contribution in [2.45, 2.75) is 66.5 Å². The van der Waals surface area contributed by atoms with Crippen LogP contribution in [0.15, 0.2) is 48.7 Å². The summed E-state index contributed by atoms with van der Waals surface area (Å²) in [4.78, 5) is 39.6. The zero-order chi connectivity index (χ0) is 32.2. The molecule has 232 valence electrons. The van der Waals surface area contributed by atoms with Gasteiger partial charge in [-0.2, -0.15) is 0 Å². The van der Waals surface area contributed by atoms with Gasteiger partial charge in [0.2, 0.25) is 5.91 Å².